The first kappa shape index (κ1) is 9.31. The Morgan fingerprint density at radius 2 is 2.00 bits per heavy atom. The lowest BCUT2D eigenvalue weighted by Crippen LogP contribution is -1.90. The SMILES string of the molecule is CCCCCCOCS. The molecule has 0 heterocycles. The first-order valence-electron chi connectivity index (χ1n) is 3.60. The predicted octanol–water partition coefficient (Wildman–Crippen LogP) is 2.47. The molecular weight excluding hydrogens is 132 g/mol. The summed E-state index contributed by atoms with van der Waals surface area (Å²) in [6, 6.07) is 0. The fourth-order valence-corrected chi connectivity index (χ4v) is 0.825. The van der Waals surface area contributed by atoms with Crippen LogP contribution in [0.5, 0.6) is 0 Å². The van der Waals surface area contributed by atoms with E-state index in [1.807, 2.05) is 0 Å². The molecule has 0 rings (SSSR count). The Labute approximate surface area is 63.2 Å². The van der Waals surface area contributed by atoms with Crippen LogP contribution < -0.4 is 0 Å². The molecule has 0 aliphatic heterocycles. The smallest absolute Gasteiger partial charge is 0.0892 e. The topological polar surface area (TPSA) is 9.23 Å². The third-order valence-electron chi connectivity index (χ3n) is 1.23. The number of thiol groups is 1. The highest BCUT2D eigenvalue weighted by atomic mass is 32.1. The average molecular weight is 148 g/mol. The summed E-state index contributed by atoms with van der Waals surface area (Å²) in [6.45, 7) is 3.09. The molecule has 0 saturated carbocycles. The standard InChI is InChI=1S/C7H16OS/c1-2-3-4-5-6-8-7-9/h9H,2-7H2,1H3. The number of hydrogen-bond acceptors (Lipinski definition) is 2. The predicted molar refractivity (Wildman–Crippen MR) is 43.9 cm³/mol. The Morgan fingerprint density at radius 1 is 1.22 bits per heavy atom. The first-order chi connectivity index (χ1) is 4.41. The molecule has 0 N–H and O–H groups in total. The summed E-state index contributed by atoms with van der Waals surface area (Å²) in [5.41, 5.74) is 0. The quantitative estimate of drug-likeness (QED) is 0.346. The van der Waals surface area contributed by atoms with Crippen molar-refractivity contribution in [1.82, 2.24) is 0 Å². The summed E-state index contributed by atoms with van der Waals surface area (Å²) in [5.74, 6) is 0.562. The molecular formula is C7H16OS. The van der Waals surface area contributed by atoms with Crippen molar-refractivity contribution in [3.05, 3.63) is 0 Å². The maximum Gasteiger partial charge on any atom is 0.0892 e. The largest absolute Gasteiger partial charge is 0.371 e. The molecule has 0 saturated heterocycles. The van der Waals surface area contributed by atoms with E-state index in [0.717, 1.165) is 6.61 Å². The van der Waals surface area contributed by atoms with Gasteiger partial charge in [-0.15, -0.1) is 0 Å². The summed E-state index contributed by atoms with van der Waals surface area (Å²) in [4.78, 5) is 0. The van der Waals surface area contributed by atoms with Crippen LogP contribution in [0.4, 0.5) is 0 Å². The highest BCUT2D eigenvalue weighted by Crippen LogP contribution is 1.98. The van der Waals surface area contributed by atoms with Crippen LogP contribution in [0.3, 0.4) is 0 Å². The van der Waals surface area contributed by atoms with Crippen LogP contribution in [0.25, 0.3) is 0 Å². The van der Waals surface area contributed by atoms with Crippen molar-refractivity contribution < 1.29 is 4.74 Å². The van der Waals surface area contributed by atoms with Gasteiger partial charge in [0.1, 0.15) is 0 Å². The van der Waals surface area contributed by atoms with E-state index >= 15 is 0 Å². The Hall–Kier alpha value is 0.310. The zero-order valence-electron chi connectivity index (χ0n) is 6.10. The number of rotatable bonds is 6. The third kappa shape index (κ3) is 8.31. The molecule has 0 aliphatic carbocycles. The molecule has 0 aromatic rings. The third-order valence-corrected chi connectivity index (χ3v) is 1.42. The molecule has 0 aromatic carbocycles. The van der Waals surface area contributed by atoms with Crippen LogP contribution in [-0.2, 0) is 4.74 Å². The Kier molecular flexibility index (Phi) is 8.60. The molecule has 0 unspecified atom stereocenters. The van der Waals surface area contributed by atoms with Crippen LogP contribution in [-0.4, -0.2) is 12.5 Å². The van der Waals surface area contributed by atoms with Gasteiger partial charge < -0.3 is 4.74 Å². The van der Waals surface area contributed by atoms with Gasteiger partial charge in [0.15, 0.2) is 0 Å². The molecule has 0 bridgehead atoms. The normalized spacial score (nSPS) is 10.0. The fraction of sp³-hybridized carbons (Fsp3) is 1.00. The molecule has 0 aromatic heterocycles. The van der Waals surface area contributed by atoms with E-state index in [1.54, 1.807) is 0 Å². The number of hydrogen-bond donors (Lipinski definition) is 1. The Balaban J connectivity index is 2.60. The zero-order valence-corrected chi connectivity index (χ0v) is 6.99. The van der Waals surface area contributed by atoms with E-state index in [9.17, 15) is 0 Å². The van der Waals surface area contributed by atoms with Gasteiger partial charge in [0.2, 0.25) is 0 Å². The highest BCUT2D eigenvalue weighted by molar-refractivity contribution is 7.80. The van der Waals surface area contributed by atoms with Crippen molar-refractivity contribution in [2.75, 3.05) is 12.5 Å². The zero-order chi connectivity index (χ0) is 6.95. The lowest BCUT2D eigenvalue weighted by atomic mass is 10.2. The summed E-state index contributed by atoms with van der Waals surface area (Å²) in [5, 5.41) is 0. The van der Waals surface area contributed by atoms with Crippen LogP contribution in [0.15, 0.2) is 0 Å². The minimum absolute atomic E-state index is 0.562. The van der Waals surface area contributed by atoms with Gasteiger partial charge in [-0.2, -0.15) is 12.6 Å². The summed E-state index contributed by atoms with van der Waals surface area (Å²) in [6.07, 6.45) is 5.11. The molecule has 0 spiro atoms. The lowest BCUT2D eigenvalue weighted by Gasteiger charge is -1.98. The van der Waals surface area contributed by atoms with E-state index in [-0.39, 0.29) is 0 Å². The van der Waals surface area contributed by atoms with Crippen molar-refractivity contribution in [3.63, 3.8) is 0 Å². The van der Waals surface area contributed by atoms with E-state index in [2.05, 4.69) is 19.6 Å². The van der Waals surface area contributed by atoms with Gasteiger partial charge in [0.05, 0.1) is 5.94 Å². The maximum atomic E-state index is 5.04. The fourth-order valence-electron chi connectivity index (χ4n) is 0.695. The summed E-state index contributed by atoms with van der Waals surface area (Å²) in [7, 11) is 0. The minimum atomic E-state index is 0.562. The molecule has 2 heteroatoms. The van der Waals surface area contributed by atoms with Gasteiger partial charge in [0.25, 0.3) is 0 Å². The molecule has 9 heavy (non-hydrogen) atoms. The number of unbranched alkanes of at least 4 members (excludes halogenated alkanes) is 3. The summed E-state index contributed by atoms with van der Waals surface area (Å²) < 4.78 is 5.04. The van der Waals surface area contributed by atoms with Gasteiger partial charge in [-0.25, -0.2) is 0 Å². The molecule has 0 amide bonds. The Morgan fingerprint density at radius 3 is 2.56 bits per heavy atom. The van der Waals surface area contributed by atoms with Crippen molar-refractivity contribution in [1.29, 1.82) is 0 Å². The van der Waals surface area contributed by atoms with Crippen LogP contribution in [0.2, 0.25) is 0 Å². The van der Waals surface area contributed by atoms with Gasteiger partial charge in [0, 0.05) is 6.61 Å². The van der Waals surface area contributed by atoms with Gasteiger partial charge in [-0.3, -0.25) is 0 Å². The number of ether oxygens (including phenoxy) is 1. The minimum Gasteiger partial charge on any atom is -0.371 e. The van der Waals surface area contributed by atoms with Crippen LogP contribution in [0, 0.1) is 0 Å². The van der Waals surface area contributed by atoms with Crippen LogP contribution >= 0.6 is 12.6 Å². The van der Waals surface area contributed by atoms with Crippen molar-refractivity contribution in [2.45, 2.75) is 32.6 Å². The Bertz CT molecular complexity index is 42.2. The first-order valence-corrected chi connectivity index (χ1v) is 4.23. The van der Waals surface area contributed by atoms with Crippen LogP contribution in [0.1, 0.15) is 32.6 Å². The van der Waals surface area contributed by atoms with E-state index in [0.29, 0.717) is 5.94 Å². The van der Waals surface area contributed by atoms with Gasteiger partial charge in [-0.05, 0) is 6.42 Å². The molecule has 56 valence electrons. The van der Waals surface area contributed by atoms with Crippen molar-refractivity contribution in [3.8, 4) is 0 Å². The molecule has 0 radical (unpaired) electrons. The van der Waals surface area contributed by atoms with Crippen molar-refractivity contribution in [2.24, 2.45) is 0 Å². The molecule has 0 aliphatic rings. The maximum absolute atomic E-state index is 5.04. The van der Waals surface area contributed by atoms with Gasteiger partial charge in [-0.1, -0.05) is 26.2 Å². The average Bonchev–Trinajstić information content (AvgIpc) is 1.89. The monoisotopic (exact) mass is 148 g/mol. The molecule has 1 nitrogen and oxygen atoms in total. The van der Waals surface area contributed by atoms with E-state index < -0.39 is 0 Å². The second-order valence-corrected chi connectivity index (χ2v) is 2.36. The summed E-state index contributed by atoms with van der Waals surface area (Å²) >= 11 is 3.92. The molecule has 0 fully saturated rings. The highest BCUT2D eigenvalue weighted by Gasteiger charge is 1.85. The van der Waals surface area contributed by atoms with E-state index in [1.165, 1.54) is 25.7 Å². The lowest BCUT2D eigenvalue weighted by molar-refractivity contribution is 0.178. The second-order valence-electron chi connectivity index (χ2n) is 2.10. The van der Waals surface area contributed by atoms with Gasteiger partial charge >= 0.3 is 0 Å². The molecule has 0 atom stereocenters. The van der Waals surface area contributed by atoms with E-state index in [4.69, 9.17) is 4.74 Å². The van der Waals surface area contributed by atoms with Crippen molar-refractivity contribution >= 4 is 12.6 Å². The second kappa shape index (κ2) is 8.31.